The van der Waals surface area contributed by atoms with E-state index in [4.69, 9.17) is 0 Å². The normalized spacial score (nSPS) is 10.1. The predicted octanol–water partition coefficient (Wildman–Crippen LogP) is -0.330. The highest BCUT2D eigenvalue weighted by atomic mass is 16.4. The first-order valence-electron chi connectivity index (χ1n) is 4.27. The number of carbonyl (C=O) groups is 2. The van der Waals surface area contributed by atoms with Gasteiger partial charge in [-0.05, 0) is 26.3 Å². The molecule has 0 aromatic carbocycles. The maximum absolute atomic E-state index is 11.4. The van der Waals surface area contributed by atoms with Crippen molar-refractivity contribution in [3.8, 4) is 0 Å². The molecule has 1 aromatic rings. The second kappa shape index (κ2) is 4.04. The molecule has 0 aliphatic heterocycles. The summed E-state index contributed by atoms with van der Waals surface area (Å²) >= 11 is 0. The number of nitrogens with zero attached hydrogens (tertiary/aromatic N) is 2. The lowest BCUT2D eigenvalue weighted by Crippen LogP contribution is -2.24. The SMILES string of the molecule is Cc1cc(C)n(C(=O)CCC(=O)[O-])n1. The van der Waals surface area contributed by atoms with Crippen molar-refractivity contribution in [2.24, 2.45) is 0 Å². The zero-order valence-electron chi connectivity index (χ0n) is 8.11. The Balaban J connectivity index is 2.69. The number of carboxylic acids is 1. The number of carbonyl (C=O) groups excluding carboxylic acids is 2. The first kappa shape index (κ1) is 10.4. The van der Waals surface area contributed by atoms with Crippen LogP contribution in [0.2, 0.25) is 0 Å². The highest BCUT2D eigenvalue weighted by Gasteiger charge is 2.09. The van der Waals surface area contributed by atoms with Gasteiger partial charge in [-0.2, -0.15) is 5.10 Å². The largest absolute Gasteiger partial charge is 0.550 e. The van der Waals surface area contributed by atoms with E-state index in [-0.39, 0.29) is 18.7 Å². The van der Waals surface area contributed by atoms with E-state index in [1.165, 1.54) is 4.68 Å². The van der Waals surface area contributed by atoms with Crippen LogP contribution >= 0.6 is 0 Å². The van der Waals surface area contributed by atoms with E-state index in [2.05, 4.69) is 5.10 Å². The average Bonchev–Trinajstić information content (AvgIpc) is 2.41. The highest BCUT2D eigenvalue weighted by Crippen LogP contribution is 2.03. The molecule has 76 valence electrons. The number of rotatable bonds is 3. The summed E-state index contributed by atoms with van der Waals surface area (Å²) in [5.74, 6) is -1.54. The average molecular weight is 195 g/mol. The Morgan fingerprint density at radius 1 is 1.43 bits per heavy atom. The van der Waals surface area contributed by atoms with Gasteiger partial charge in [-0.3, -0.25) is 4.79 Å². The van der Waals surface area contributed by atoms with Crippen LogP contribution in [0, 0.1) is 13.8 Å². The minimum absolute atomic E-state index is 0.0791. The van der Waals surface area contributed by atoms with Gasteiger partial charge in [-0.15, -0.1) is 0 Å². The Bertz CT molecular complexity index is 368. The number of hydrogen-bond donors (Lipinski definition) is 0. The zero-order valence-corrected chi connectivity index (χ0v) is 8.11. The fourth-order valence-electron chi connectivity index (χ4n) is 1.20. The molecule has 0 spiro atoms. The zero-order chi connectivity index (χ0) is 10.7. The van der Waals surface area contributed by atoms with Crippen molar-refractivity contribution in [3.05, 3.63) is 17.5 Å². The molecule has 0 N–H and O–H groups in total. The molecule has 0 bridgehead atoms. The number of aliphatic carboxylic acids is 1. The van der Waals surface area contributed by atoms with Crippen molar-refractivity contribution < 1.29 is 14.7 Å². The molecule has 0 unspecified atom stereocenters. The molecule has 0 atom stereocenters. The van der Waals surface area contributed by atoms with Gasteiger partial charge in [0.1, 0.15) is 0 Å². The van der Waals surface area contributed by atoms with E-state index >= 15 is 0 Å². The number of hydrogen-bond acceptors (Lipinski definition) is 4. The molecule has 0 aliphatic rings. The van der Waals surface area contributed by atoms with Gasteiger partial charge in [-0.25, -0.2) is 4.68 Å². The molecule has 0 saturated heterocycles. The van der Waals surface area contributed by atoms with E-state index < -0.39 is 5.97 Å². The number of carboxylic acid groups (broad SMARTS) is 1. The minimum atomic E-state index is -1.22. The summed E-state index contributed by atoms with van der Waals surface area (Å²) in [5, 5.41) is 14.1. The summed E-state index contributed by atoms with van der Waals surface area (Å²) in [6, 6.07) is 1.76. The lowest BCUT2D eigenvalue weighted by molar-refractivity contribution is -0.305. The number of aromatic nitrogens is 2. The van der Waals surface area contributed by atoms with Crippen LogP contribution in [0.3, 0.4) is 0 Å². The standard InChI is InChI=1S/C9H12N2O3/c1-6-5-7(2)11(10-6)8(12)3-4-9(13)14/h5H,3-4H2,1-2H3,(H,13,14)/p-1. The quantitative estimate of drug-likeness (QED) is 0.661. The Morgan fingerprint density at radius 2 is 2.07 bits per heavy atom. The van der Waals surface area contributed by atoms with Crippen molar-refractivity contribution in [3.63, 3.8) is 0 Å². The molecule has 0 fully saturated rings. The van der Waals surface area contributed by atoms with Gasteiger partial charge >= 0.3 is 0 Å². The summed E-state index contributed by atoms with van der Waals surface area (Å²) < 4.78 is 1.22. The molecule has 1 aromatic heterocycles. The van der Waals surface area contributed by atoms with Crippen LogP contribution in [0.15, 0.2) is 6.07 Å². The molecular weight excluding hydrogens is 184 g/mol. The molecule has 1 heterocycles. The summed E-state index contributed by atoms with van der Waals surface area (Å²) in [6.07, 6.45) is -0.346. The Kier molecular flexibility index (Phi) is 3.01. The third-order valence-electron chi connectivity index (χ3n) is 1.79. The first-order valence-corrected chi connectivity index (χ1v) is 4.27. The lowest BCUT2D eigenvalue weighted by Gasteiger charge is -2.03. The molecule has 14 heavy (non-hydrogen) atoms. The number of aryl methyl sites for hydroxylation is 2. The van der Waals surface area contributed by atoms with Crippen molar-refractivity contribution in [2.75, 3.05) is 0 Å². The van der Waals surface area contributed by atoms with Gasteiger partial charge in [0.15, 0.2) is 0 Å². The molecule has 5 heteroatoms. The van der Waals surface area contributed by atoms with E-state index in [1.807, 2.05) is 0 Å². The smallest absolute Gasteiger partial charge is 0.247 e. The summed E-state index contributed by atoms with van der Waals surface area (Å²) in [5.41, 5.74) is 1.45. The molecule has 5 nitrogen and oxygen atoms in total. The van der Waals surface area contributed by atoms with E-state index in [0.717, 1.165) is 5.69 Å². The van der Waals surface area contributed by atoms with Crippen LogP contribution in [0.1, 0.15) is 29.0 Å². The third-order valence-corrected chi connectivity index (χ3v) is 1.79. The van der Waals surface area contributed by atoms with Crippen molar-refractivity contribution in [1.82, 2.24) is 9.78 Å². The van der Waals surface area contributed by atoms with E-state index in [0.29, 0.717) is 5.69 Å². The predicted molar refractivity (Wildman–Crippen MR) is 46.6 cm³/mol. The van der Waals surface area contributed by atoms with Gasteiger partial charge in [-0.1, -0.05) is 0 Å². The lowest BCUT2D eigenvalue weighted by atomic mass is 10.3. The maximum atomic E-state index is 11.4. The second-order valence-electron chi connectivity index (χ2n) is 3.10. The Morgan fingerprint density at radius 3 is 2.50 bits per heavy atom. The summed E-state index contributed by atoms with van der Waals surface area (Å²) in [4.78, 5) is 21.5. The van der Waals surface area contributed by atoms with Gasteiger partial charge in [0, 0.05) is 18.1 Å². The Labute approximate surface area is 81.3 Å². The first-order chi connectivity index (χ1) is 6.50. The second-order valence-corrected chi connectivity index (χ2v) is 3.10. The Hall–Kier alpha value is -1.65. The summed E-state index contributed by atoms with van der Waals surface area (Å²) in [6.45, 7) is 3.52. The van der Waals surface area contributed by atoms with Crippen molar-refractivity contribution in [1.29, 1.82) is 0 Å². The molecular formula is C9H11N2O3-. The van der Waals surface area contributed by atoms with Gasteiger partial charge < -0.3 is 9.90 Å². The molecule has 0 aliphatic carbocycles. The van der Waals surface area contributed by atoms with Crippen LogP contribution in [-0.4, -0.2) is 21.7 Å². The van der Waals surface area contributed by atoms with E-state index in [1.54, 1.807) is 19.9 Å². The van der Waals surface area contributed by atoms with Crippen LogP contribution in [0.4, 0.5) is 0 Å². The molecule has 1 rings (SSSR count). The molecule has 0 amide bonds. The monoisotopic (exact) mass is 195 g/mol. The topological polar surface area (TPSA) is 75.0 Å². The molecule has 0 saturated carbocycles. The third kappa shape index (κ3) is 2.42. The molecule has 0 radical (unpaired) electrons. The van der Waals surface area contributed by atoms with Gasteiger partial charge in [0.25, 0.3) is 0 Å². The van der Waals surface area contributed by atoms with Crippen LogP contribution in [-0.2, 0) is 4.79 Å². The fourth-order valence-corrected chi connectivity index (χ4v) is 1.20. The van der Waals surface area contributed by atoms with Crippen LogP contribution < -0.4 is 5.11 Å². The van der Waals surface area contributed by atoms with Crippen molar-refractivity contribution >= 4 is 11.9 Å². The van der Waals surface area contributed by atoms with Crippen molar-refractivity contribution in [2.45, 2.75) is 26.7 Å². The van der Waals surface area contributed by atoms with Gasteiger partial charge in [0.05, 0.1) is 5.69 Å². The fraction of sp³-hybridized carbons (Fsp3) is 0.444. The van der Waals surface area contributed by atoms with Crippen LogP contribution in [0.5, 0.6) is 0 Å². The minimum Gasteiger partial charge on any atom is -0.550 e. The van der Waals surface area contributed by atoms with Crippen LogP contribution in [0.25, 0.3) is 0 Å². The van der Waals surface area contributed by atoms with Gasteiger partial charge in [0.2, 0.25) is 5.91 Å². The summed E-state index contributed by atoms with van der Waals surface area (Å²) in [7, 11) is 0. The maximum Gasteiger partial charge on any atom is 0.247 e. The highest BCUT2D eigenvalue weighted by molar-refractivity contribution is 5.82. The van der Waals surface area contributed by atoms with E-state index in [9.17, 15) is 14.7 Å².